The maximum atomic E-state index is 11.9. The van der Waals surface area contributed by atoms with Crippen molar-refractivity contribution >= 4 is 5.78 Å². The molecule has 0 unspecified atom stereocenters. The fourth-order valence-corrected chi connectivity index (χ4v) is 1.90. The first-order chi connectivity index (χ1) is 6.83. The summed E-state index contributed by atoms with van der Waals surface area (Å²) >= 11 is 0. The monoisotopic (exact) mass is 224 g/mol. The van der Waals surface area contributed by atoms with Gasteiger partial charge in [-0.2, -0.15) is 13.2 Å². The van der Waals surface area contributed by atoms with Gasteiger partial charge in [-0.25, -0.2) is 0 Å². The first kappa shape index (κ1) is 12.5. The highest BCUT2D eigenvalue weighted by atomic mass is 19.4. The predicted molar refractivity (Wildman–Crippen MR) is 48.3 cm³/mol. The van der Waals surface area contributed by atoms with E-state index in [1.54, 1.807) is 0 Å². The number of carbonyl (C=O) groups excluding carboxylic acids is 1. The van der Waals surface area contributed by atoms with E-state index in [0.29, 0.717) is 25.7 Å². The van der Waals surface area contributed by atoms with Gasteiger partial charge in [0.2, 0.25) is 0 Å². The fourth-order valence-electron chi connectivity index (χ4n) is 1.90. The first-order valence-electron chi connectivity index (χ1n) is 5.16. The zero-order valence-electron chi connectivity index (χ0n) is 8.44. The third kappa shape index (κ3) is 3.81. The van der Waals surface area contributed by atoms with Crippen LogP contribution in [0.4, 0.5) is 13.2 Å². The third-order valence-corrected chi connectivity index (χ3v) is 2.84. The molecule has 2 nitrogen and oxygen atoms in total. The molecule has 1 aliphatic carbocycles. The largest absolute Gasteiger partial charge is 0.389 e. The van der Waals surface area contributed by atoms with Crippen LogP contribution in [0.2, 0.25) is 0 Å². The van der Waals surface area contributed by atoms with Crippen LogP contribution >= 0.6 is 0 Å². The van der Waals surface area contributed by atoms with Gasteiger partial charge in [0, 0.05) is 6.42 Å². The Kier molecular flexibility index (Phi) is 3.76. The van der Waals surface area contributed by atoms with E-state index < -0.39 is 30.4 Å². The molecule has 1 N–H and O–H groups in total. The molecular weight excluding hydrogens is 209 g/mol. The summed E-state index contributed by atoms with van der Waals surface area (Å²) in [5.74, 6) is -0.653. The number of rotatable bonds is 3. The van der Waals surface area contributed by atoms with Crippen LogP contribution in [0, 0.1) is 0 Å². The summed E-state index contributed by atoms with van der Waals surface area (Å²) in [7, 11) is 0. The van der Waals surface area contributed by atoms with Gasteiger partial charge in [-0.15, -0.1) is 0 Å². The Morgan fingerprint density at radius 2 is 1.73 bits per heavy atom. The summed E-state index contributed by atoms with van der Waals surface area (Å²) in [5.41, 5.74) is -1.48. The van der Waals surface area contributed by atoms with E-state index in [1.165, 1.54) is 0 Å². The molecule has 0 spiro atoms. The Labute approximate surface area is 86.5 Å². The zero-order valence-corrected chi connectivity index (χ0v) is 8.44. The van der Waals surface area contributed by atoms with Crippen LogP contribution in [0.15, 0.2) is 0 Å². The van der Waals surface area contributed by atoms with E-state index in [1.807, 2.05) is 0 Å². The molecular formula is C10H15F3O2. The lowest BCUT2D eigenvalue weighted by molar-refractivity contribution is -0.154. The molecule has 0 heterocycles. The molecule has 0 aromatic heterocycles. The number of hydrogen-bond acceptors (Lipinski definition) is 2. The minimum Gasteiger partial charge on any atom is -0.382 e. The van der Waals surface area contributed by atoms with E-state index in [9.17, 15) is 23.1 Å². The zero-order chi connectivity index (χ0) is 11.5. The average molecular weight is 224 g/mol. The second kappa shape index (κ2) is 4.51. The Bertz CT molecular complexity index is 229. The van der Waals surface area contributed by atoms with Gasteiger partial charge in [-0.3, -0.25) is 4.79 Å². The number of hydrogen-bond donors (Lipinski definition) is 1. The Hall–Kier alpha value is -0.580. The van der Waals surface area contributed by atoms with Crippen LogP contribution in [0.25, 0.3) is 0 Å². The van der Waals surface area contributed by atoms with E-state index in [2.05, 4.69) is 0 Å². The molecule has 1 rings (SSSR count). The number of aliphatic hydroxyl groups is 1. The number of alkyl halides is 3. The lowest BCUT2D eigenvalue weighted by atomic mass is 9.80. The minimum atomic E-state index is -4.32. The van der Waals surface area contributed by atoms with Gasteiger partial charge in [-0.05, 0) is 12.8 Å². The van der Waals surface area contributed by atoms with Gasteiger partial charge in [0.1, 0.15) is 5.60 Å². The minimum absolute atomic E-state index is 0.309. The highest BCUT2D eigenvalue weighted by molar-refractivity contribution is 5.87. The van der Waals surface area contributed by atoms with Crippen molar-refractivity contribution in [2.45, 2.75) is 56.7 Å². The van der Waals surface area contributed by atoms with Crippen LogP contribution in [-0.2, 0) is 4.79 Å². The lowest BCUT2D eigenvalue weighted by Crippen LogP contribution is -2.40. The molecule has 0 atom stereocenters. The summed E-state index contributed by atoms with van der Waals surface area (Å²) in [4.78, 5) is 11.4. The highest BCUT2D eigenvalue weighted by Gasteiger charge is 2.38. The SMILES string of the molecule is O=C(CCC(F)(F)F)C1(O)CCCCC1. The summed E-state index contributed by atoms with van der Waals surface area (Å²) in [6, 6.07) is 0. The lowest BCUT2D eigenvalue weighted by Gasteiger charge is -2.30. The maximum absolute atomic E-state index is 11.9. The number of ketones is 1. The van der Waals surface area contributed by atoms with Crippen LogP contribution in [0.5, 0.6) is 0 Å². The van der Waals surface area contributed by atoms with Gasteiger partial charge >= 0.3 is 6.18 Å². The molecule has 0 amide bonds. The number of Topliss-reactive ketones (excluding diaryl/α,β-unsaturated/α-hetero) is 1. The average Bonchev–Trinajstić information content (AvgIpc) is 2.14. The van der Waals surface area contributed by atoms with Crippen molar-refractivity contribution in [1.82, 2.24) is 0 Å². The van der Waals surface area contributed by atoms with Crippen molar-refractivity contribution in [3.05, 3.63) is 0 Å². The molecule has 0 saturated heterocycles. The third-order valence-electron chi connectivity index (χ3n) is 2.84. The predicted octanol–water partition coefficient (Wildman–Crippen LogP) is 2.59. The first-order valence-corrected chi connectivity index (χ1v) is 5.16. The molecule has 0 aromatic carbocycles. The van der Waals surface area contributed by atoms with E-state index in [0.717, 1.165) is 6.42 Å². The maximum Gasteiger partial charge on any atom is 0.389 e. The van der Waals surface area contributed by atoms with Gasteiger partial charge < -0.3 is 5.11 Å². The van der Waals surface area contributed by atoms with Crippen LogP contribution in [0.1, 0.15) is 44.9 Å². The van der Waals surface area contributed by atoms with Crippen molar-refractivity contribution < 1.29 is 23.1 Å². The van der Waals surface area contributed by atoms with Crippen molar-refractivity contribution in [3.8, 4) is 0 Å². The Morgan fingerprint density at radius 1 is 1.20 bits per heavy atom. The second-order valence-electron chi connectivity index (χ2n) is 4.13. The van der Waals surface area contributed by atoms with E-state index >= 15 is 0 Å². The Balaban J connectivity index is 2.45. The van der Waals surface area contributed by atoms with E-state index in [4.69, 9.17) is 0 Å². The molecule has 5 heteroatoms. The summed E-state index contributed by atoms with van der Waals surface area (Å²) < 4.78 is 35.6. The molecule has 0 bridgehead atoms. The van der Waals surface area contributed by atoms with Crippen molar-refractivity contribution in [3.63, 3.8) is 0 Å². The highest BCUT2D eigenvalue weighted by Crippen LogP contribution is 2.31. The van der Waals surface area contributed by atoms with Crippen LogP contribution in [0.3, 0.4) is 0 Å². The molecule has 0 aliphatic heterocycles. The topological polar surface area (TPSA) is 37.3 Å². The quantitative estimate of drug-likeness (QED) is 0.800. The molecule has 0 aromatic rings. The molecule has 1 aliphatic rings. The van der Waals surface area contributed by atoms with Gasteiger partial charge in [0.25, 0.3) is 0 Å². The van der Waals surface area contributed by atoms with Crippen molar-refractivity contribution in [2.75, 3.05) is 0 Å². The van der Waals surface area contributed by atoms with Crippen LogP contribution in [-0.4, -0.2) is 22.7 Å². The van der Waals surface area contributed by atoms with Gasteiger partial charge in [-0.1, -0.05) is 19.3 Å². The fraction of sp³-hybridized carbons (Fsp3) is 0.900. The Morgan fingerprint density at radius 3 is 2.20 bits per heavy atom. The molecule has 1 saturated carbocycles. The van der Waals surface area contributed by atoms with Crippen LogP contribution < -0.4 is 0 Å². The summed E-state index contributed by atoms with van der Waals surface area (Å²) in [5, 5.41) is 9.82. The van der Waals surface area contributed by atoms with Gasteiger partial charge in [0.15, 0.2) is 5.78 Å². The smallest absolute Gasteiger partial charge is 0.382 e. The normalized spacial score (nSPS) is 21.3. The van der Waals surface area contributed by atoms with Crippen molar-refractivity contribution in [2.24, 2.45) is 0 Å². The molecule has 88 valence electrons. The number of halogens is 3. The summed E-state index contributed by atoms with van der Waals surface area (Å²) in [6.07, 6.45) is -3.06. The summed E-state index contributed by atoms with van der Waals surface area (Å²) in [6.45, 7) is 0. The standard InChI is InChI=1S/C10H15F3O2/c11-10(12,13)7-4-8(14)9(15)5-2-1-3-6-9/h15H,1-7H2. The molecule has 0 radical (unpaired) electrons. The van der Waals surface area contributed by atoms with Gasteiger partial charge in [0.05, 0.1) is 6.42 Å². The molecule has 15 heavy (non-hydrogen) atoms. The van der Waals surface area contributed by atoms with Crippen molar-refractivity contribution in [1.29, 1.82) is 0 Å². The van der Waals surface area contributed by atoms with E-state index in [-0.39, 0.29) is 0 Å². The molecule has 1 fully saturated rings. The number of carbonyl (C=O) groups is 1. The second-order valence-corrected chi connectivity index (χ2v) is 4.13.